The Morgan fingerprint density at radius 1 is 1.00 bits per heavy atom. The van der Waals surface area contributed by atoms with E-state index >= 15 is 0 Å². The van der Waals surface area contributed by atoms with Crippen molar-refractivity contribution in [1.82, 2.24) is 10.3 Å². The first-order valence-electron chi connectivity index (χ1n) is 9.47. The second-order valence-corrected chi connectivity index (χ2v) is 6.81. The molecule has 7 heteroatoms. The first kappa shape index (κ1) is 21.6. The maximum absolute atomic E-state index is 12.7. The van der Waals surface area contributed by atoms with Gasteiger partial charge in [-0.3, -0.25) is 4.79 Å². The van der Waals surface area contributed by atoms with Gasteiger partial charge in [0.15, 0.2) is 0 Å². The molecular formula is C23H23ClN2O4. The number of ether oxygens (including phenoxy) is 3. The highest BCUT2D eigenvalue weighted by molar-refractivity contribution is 6.31. The van der Waals surface area contributed by atoms with Gasteiger partial charge in [0.1, 0.15) is 19.0 Å². The van der Waals surface area contributed by atoms with Gasteiger partial charge in [-0.05, 0) is 23.8 Å². The molecule has 0 aliphatic carbocycles. The summed E-state index contributed by atoms with van der Waals surface area (Å²) in [5.41, 5.74) is 2.17. The minimum Gasteiger partial charge on any atom is -0.488 e. The smallest absolute Gasteiger partial charge is 0.255 e. The second kappa shape index (κ2) is 11.2. The van der Waals surface area contributed by atoms with E-state index < -0.39 is 0 Å². The van der Waals surface area contributed by atoms with Crippen LogP contribution in [0.15, 0.2) is 66.9 Å². The van der Waals surface area contributed by atoms with Gasteiger partial charge in [0.2, 0.25) is 5.88 Å². The number of methoxy groups -OCH3 is 1. The lowest BCUT2D eigenvalue weighted by Crippen LogP contribution is -2.23. The van der Waals surface area contributed by atoms with Gasteiger partial charge in [-0.2, -0.15) is 0 Å². The highest BCUT2D eigenvalue weighted by Gasteiger charge is 2.12. The zero-order valence-corrected chi connectivity index (χ0v) is 17.4. The Morgan fingerprint density at radius 2 is 1.80 bits per heavy atom. The van der Waals surface area contributed by atoms with E-state index in [2.05, 4.69) is 10.3 Å². The van der Waals surface area contributed by atoms with E-state index in [9.17, 15) is 4.79 Å². The van der Waals surface area contributed by atoms with Crippen molar-refractivity contribution in [2.24, 2.45) is 0 Å². The lowest BCUT2D eigenvalue weighted by Gasteiger charge is -2.12. The van der Waals surface area contributed by atoms with E-state index in [-0.39, 0.29) is 12.5 Å². The first-order valence-corrected chi connectivity index (χ1v) is 9.85. The highest BCUT2D eigenvalue weighted by Crippen LogP contribution is 2.22. The van der Waals surface area contributed by atoms with Gasteiger partial charge in [-0.25, -0.2) is 4.98 Å². The molecular weight excluding hydrogens is 404 g/mol. The summed E-state index contributed by atoms with van der Waals surface area (Å²) in [4.78, 5) is 16.9. The van der Waals surface area contributed by atoms with Crippen LogP contribution in [0.2, 0.25) is 5.02 Å². The number of hydrogen-bond acceptors (Lipinski definition) is 5. The van der Waals surface area contributed by atoms with Crippen LogP contribution in [0.3, 0.4) is 0 Å². The molecule has 30 heavy (non-hydrogen) atoms. The van der Waals surface area contributed by atoms with Crippen LogP contribution in [0.1, 0.15) is 21.5 Å². The molecule has 0 bridgehead atoms. The molecule has 3 rings (SSSR count). The monoisotopic (exact) mass is 426 g/mol. The van der Waals surface area contributed by atoms with E-state index in [1.165, 1.54) is 0 Å². The van der Waals surface area contributed by atoms with Crippen molar-refractivity contribution >= 4 is 17.5 Å². The summed E-state index contributed by atoms with van der Waals surface area (Å²) in [6, 6.07) is 18.2. The molecule has 0 radical (unpaired) electrons. The zero-order valence-electron chi connectivity index (χ0n) is 16.6. The number of carbonyl (C=O) groups excluding carboxylic acids is 1. The Bertz CT molecular complexity index is 963. The molecule has 0 fully saturated rings. The number of nitrogens with zero attached hydrogens (tertiary/aromatic N) is 1. The molecule has 1 aromatic heterocycles. The summed E-state index contributed by atoms with van der Waals surface area (Å²) in [5, 5.41) is 3.52. The van der Waals surface area contributed by atoms with E-state index in [1.54, 1.807) is 43.6 Å². The third kappa shape index (κ3) is 6.20. The molecule has 0 atom stereocenters. The van der Waals surface area contributed by atoms with Gasteiger partial charge >= 0.3 is 0 Å². The lowest BCUT2D eigenvalue weighted by atomic mass is 10.1. The van der Waals surface area contributed by atoms with Gasteiger partial charge in [-0.15, -0.1) is 0 Å². The number of carbonyl (C=O) groups is 1. The summed E-state index contributed by atoms with van der Waals surface area (Å²) in [6.07, 6.45) is 1.67. The van der Waals surface area contributed by atoms with Crippen molar-refractivity contribution in [2.75, 3.05) is 20.3 Å². The molecule has 0 aliphatic rings. The molecule has 0 unspecified atom stereocenters. The third-order valence-electron chi connectivity index (χ3n) is 4.26. The Morgan fingerprint density at radius 3 is 2.57 bits per heavy atom. The molecule has 0 spiro atoms. The topological polar surface area (TPSA) is 69.7 Å². The first-order chi connectivity index (χ1) is 14.7. The Balaban J connectivity index is 1.57. The summed E-state index contributed by atoms with van der Waals surface area (Å²) < 4.78 is 16.2. The van der Waals surface area contributed by atoms with Crippen LogP contribution in [0.25, 0.3) is 0 Å². The maximum atomic E-state index is 12.7. The predicted octanol–water partition coefficient (Wildman–Crippen LogP) is 4.27. The number of pyridine rings is 1. The van der Waals surface area contributed by atoms with Crippen LogP contribution in [0.5, 0.6) is 11.6 Å². The van der Waals surface area contributed by atoms with Crippen molar-refractivity contribution in [2.45, 2.75) is 13.2 Å². The summed E-state index contributed by atoms with van der Waals surface area (Å²) >= 11 is 6.18. The molecule has 0 saturated heterocycles. The van der Waals surface area contributed by atoms with E-state index in [0.29, 0.717) is 42.0 Å². The normalized spacial score (nSPS) is 10.5. The van der Waals surface area contributed by atoms with E-state index in [1.807, 2.05) is 30.3 Å². The van der Waals surface area contributed by atoms with Crippen molar-refractivity contribution in [3.8, 4) is 11.6 Å². The Hall–Kier alpha value is -3.09. The van der Waals surface area contributed by atoms with Gasteiger partial charge < -0.3 is 19.5 Å². The van der Waals surface area contributed by atoms with Crippen molar-refractivity contribution in [3.63, 3.8) is 0 Å². The molecule has 1 heterocycles. The Kier molecular flexibility index (Phi) is 8.06. The summed E-state index contributed by atoms with van der Waals surface area (Å²) in [6.45, 7) is 1.55. The molecule has 1 amide bonds. The van der Waals surface area contributed by atoms with Gasteiger partial charge in [0, 0.05) is 36.5 Å². The van der Waals surface area contributed by atoms with E-state index in [0.717, 1.165) is 11.1 Å². The van der Waals surface area contributed by atoms with Gasteiger partial charge in [0.25, 0.3) is 5.91 Å². The number of hydrogen-bond donors (Lipinski definition) is 1. The molecule has 6 nitrogen and oxygen atoms in total. The van der Waals surface area contributed by atoms with Gasteiger partial charge in [0.05, 0.1) is 12.2 Å². The minimum atomic E-state index is -0.231. The quantitative estimate of drug-likeness (QED) is 0.490. The van der Waals surface area contributed by atoms with E-state index in [4.69, 9.17) is 25.8 Å². The van der Waals surface area contributed by atoms with Crippen LogP contribution in [0, 0.1) is 0 Å². The number of amides is 1. The van der Waals surface area contributed by atoms with Crippen LogP contribution in [0.4, 0.5) is 0 Å². The SMILES string of the molecule is COCCOc1ccc(CNC(=O)c2ccccc2OCc2ccccc2Cl)cn1. The number of halogens is 1. The third-order valence-corrected chi connectivity index (χ3v) is 4.63. The number of aromatic nitrogens is 1. The largest absolute Gasteiger partial charge is 0.488 e. The van der Waals surface area contributed by atoms with Crippen molar-refractivity contribution in [1.29, 1.82) is 0 Å². The van der Waals surface area contributed by atoms with Crippen LogP contribution >= 0.6 is 11.6 Å². The van der Waals surface area contributed by atoms with Crippen molar-refractivity contribution < 1.29 is 19.0 Å². The number of rotatable bonds is 10. The number of para-hydroxylation sites is 1. The van der Waals surface area contributed by atoms with Crippen LogP contribution in [-0.4, -0.2) is 31.2 Å². The minimum absolute atomic E-state index is 0.231. The average molecular weight is 427 g/mol. The molecule has 1 N–H and O–H groups in total. The fraction of sp³-hybridized carbons (Fsp3) is 0.217. The van der Waals surface area contributed by atoms with Crippen molar-refractivity contribution in [3.05, 3.63) is 88.6 Å². The predicted molar refractivity (Wildman–Crippen MR) is 115 cm³/mol. The fourth-order valence-corrected chi connectivity index (χ4v) is 2.85. The number of benzene rings is 2. The zero-order chi connectivity index (χ0) is 21.2. The molecule has 2 aromatic carbocycles. The molecule has 3 aromatic rings. The van der Waals surface area contributed by atoms with Crippen LogP contribution in [-0.2, 0) is 17.9 Å². The lowest BCUT2D eigenvalue weighted by molar-refractivity contribution is 0.0946. The van der Waals surface area contributed by atoms with Crippen LogP contribution < -0.4 is 14.8 Å². The Labute approximate surface area is 180 Å². The highest BCUT2D eigenvalue weighted by atomic mass is 35.5. The standard InChI is InChI=1S/C23H23ClN2O4/c1-28-12-13-29-22-11-10-17(14-25-22)15-26-23(27)19-7-3-5-9-21(19)30-16-18-6-2-4-8-20(18)24/h2-11,14H,12-13,15-16H2,1H3,(H,26,27). The fourth-order valence-electron chi connectivity index (χ4n) is 2.66. The molecule has 156 valence electrons. The summed E-state index contributed by atoms with van der Waals surface area (Å²) in [7, 11) is 1.61. The second-order valence-electron chi connectivity index (χ2n) is 6.40. The number of nitrogens with one attached hydrogen (secondary N) is 1. The average Bonchev–Trinajstić information content (AvgIpc) is 2.78. The molecule has 0 aliphatic heterocycles. The molecule has 0 saturated carbocycles. The maximum Gasteiger partial charge on any atom is 0.255 e. The van der Waals surface area contributed by atoms with Gasteiger partial charge in [-0.1, -0.05) is 48.0 Å². The summed E-state index contributed by atoms with van der Waals surface area (Å²) in [5.74, 6) is 0.778.